The maximum atomic E-state index is 3.14. The van der Waals surface area contributed by atoms with Crippen molar-refractivity contribution in [3.63, 3.8) is 0 Å². The molecule has 0 unspecified atom stereocenters. The molecule has 2 heterocycles. The second-order valence-electron chi connectivity index (χ2n) is 3.37. The normalized spacial score (nSPS) is 24.0. The first kappa shape index (κ1) is 9.96. The zero-order valence-electron chi connectivity index (χ0n) is 7.86. The van der Waals surface area contributed by atoms with E-state index in [0.29, 0.717) is 0 Å². The Morgan fingerprint density at radius 3 is 1.25 bits per heavy atom. The van der Waals surface area contributed by atoms with Crippen LogP contribution in [0.25, 0.3) is 0 Å². The molecule has 3 N–H and O–H groups in total. The molecule has 2 aliphatic rings. The van der Waals surface area contributed by atoms with E-state index in [9.17, 15) is 0 Å². The molecule has 0 aromatic rings. The van der Waals surface area contributed by atoms with Gasteiger partial charge in [-0.1, -0.05) is 12.8 Å². The Morgan fingerprint density at radius 1 is 0.500 bits per heavy atom. The highest BCUT2D eigenvalue weighted by Gasteiger charge is 1.93. The molecule has 3 nitrogen and oxygen atoms in total. The minimum absolute atomic E-state index is 1.14. The summed E-state index contributed by atoms with van der Waals surface area (Å²) in [5.74, 6) is 0. The quantitative estimate of drug-likeness (QED) is 0.500. The van der Waals surface area contributed by atoms with Crippen molar-refractivity contribution in [3.8, 4) is 0 Å². The molecule has 0 atom stereocenters. The summed E-state index contributed by atoms with van der Waals surface area (Å²) in [4.78, 5) is 0. The number of hydrazine groups is 1. The van der Waals surface area contributed by atoms with Crippen LogP contribution in [0, 0.1) is 0 Å². The Kier molecular flexibility index (Phi) is 6.25. The molecule has 0 spiro atoms. The van der Waals surface area contributed by atoms with Gasteiger partial charge in [0.2, 0.25) is 0 Å². The van der Waals surface area contributed by atoms with Crippen LogP contribution in [0.4, 0.5) is 0 Å². The van der Waals surface area contributed by atoms with Crippen LogP contribution in [-0.2, 0) is 0 Å². The Bertz CT molecular complexity index is 63.8. The van der Waals surface area contributed by atoms with Gasteiger partial charge in [0.05, 0.1) is 0 Å². The van der Waals surface area contributed by atoms with Gasteiger partial charge >= 0.3 is 0 Å². The van der Waals surface area contributed by atoms with Gasteiger partial charge in [0.15, 0.2) is 0 Å². The van der Waals surface area contributed by atoms with E-state index in [0.717, 1.165) is 13.1 Å². The van der Waals surface area contributed by atoms with Crippen molar-refractivity contribution in [1.29, 1.82) is 0 Å². The van der Waals surface area contributed by atoms with Crippen molar-refractivity contribution in [1.82, 2.24) is 16.2 Å². The van der Waals surface area contributed by atoms with Gasteiger partial charge in [0.25, 0.3) is 0 Å². The van der Waals surface area contributed by atoms with E-state index in [1.165, 1.54) is 45.2 Å². The molecule has 2 fully saturated rings. The molecule has 72 valence electrons. The van der Waals surface area contributed by atoms with E-state index in [1.807, 2.05) is 0 Å². The summed E-state index contributed by atoms with van der Waals surface area (Å²) in [6.07, 6.45) is 6.84. The van der Waals surface area contributed by atoms with Crippen LogP contribution < -0.4 is 16.2 Å². The summed E-state index contributed by atoms with van der Waals surface area (Å²) in [6.45, 7) is 4.78. The second-order valence-corrected chi connectivity index (χ2v) is 3.37. The van der Waals surface area contributed by atoms with Gasteiger partial charge in [-0.3, -0.25) is 10.9 Å². The van der Waals surface area contributed by atoms with Crippen LogP contribution in [0.3, 0.4) is 0 Å². The number of nitrogens with one attached hydrogen (secondary N) is 3. The average Bonchev–Trinajstić information content (AvgIpc) is 1.79. The molecule has 0 aromatic heterocycles. The fraction of sp³-hybridized carbons (Fsp3) is 1.00. The lowest BCUT2D eigenvalue weighted by Gasteiger charge is -2.09. The molecule has 0 saturated carbocycles. The van der Waals surface area contributed by atoms with Gasteiger partial charge in [-0.15, -0.1) is 0 Å². The Balaban J connectivity index is 0.000000150. The van der Waals surface area contributed by atoms with E-state index in [-0.39, 0.29) is 0 Å². The van der Waals surface area contributed by atoms with Crippen molar-refractivity contribution in [2.75, 3.05) is 26.2 Å². The van der Waals surface area contributed by atoms with Crippen molar-refractivity contribution < 1.29 is 0 Å². The van der Waals surface area contributed by atoms with Gasteiger partial charge in [-0.25, -0.2) is 0 Å². The highest BCUT2D eigenvalue weighted by Crippen LogP contribution is 1.98. The lowest BCUT2D eigenvalue weighted by Crippen LogP contribution is -2.34. The van der Waals surface area contributed by atoms with E-state index in [2.05, 4.69) is 16.2 Å². The van der Waals surface area contributed by atoms with Crippen LogP contribution in [0.2, 0.25) is 0 Å². The van der Waals surface area contributed by atoms with Gasteiger partial charge in [-0.2, -0.15) is 0 Å². The number of hydrogen-bond acceptors (Lipinski definition) is 3. The second kappa shape index (κ2) is 7.53. The lowest BCUT2D eigenvalue weighted by molar-refractivity contribution is 0.454. The van der Waals surface area contributed by atoms with E-state index in [1.54, 1.807) is 0 Å². The molecule has 0 amide bonds. The van der Waals surface area contributed by atoms with Gasteiger partial charge < -0.3 is 5.32 Å². The molecule has 0 aliphatic carbocycles. The lowest BCUT2D eigenvalue weighted by atomic mass is 10.2. The Morgan fingerprint density at radius 2 is 0.917 bits per heavy atom. The first-order chi connectivity index (χ1) is 6.00. The summed E-state index contributed by atoms with van der Waals surface area (Å²) in [5.41, 5.74) is 6.27. The van der Waals surface area contributed by atoms with Crippen molar-refractivity contribution in [2.24, 2.45) is 0 Å². The molecule has 0 aromatic carbocycles. The van der Waals surface area contributed by atoms with Crippen LogP contribution in [0.5, 0.6) is 0 Å². The monoisotopic (exact) mass is 171 g/mol. The summed E-state index contributed by atoms with van der Waals surface area (Å²) >= 11 is 0. The average molecular weight is 171 g/mol. The predicted molar refractivity (Wildman–Crippen MR) is 52.0 cm³/mol. The largest absolute Gasteiger partial charge is 0.317 e. The Hall–Kier alpha value is -0.120. The summed E-state index contributed by atoms with van der Waals surface area (Å²) in [7, 11) is 0. The van der Waals surface area contributed by atoms with Gasteiger partial charge in [0, 0.05) is 13.1 Å². The zero-order valence-corrected chi connectivity index (χ0v) is 7.86. The molecule has 2 saturated heterocycles. The molecular weight excluding hydrogens is 150 g/mol. The first-order valence-corrected chi connectivity index (χ1v) is 5.16. The minimum Gasteiger partial charge on any atom is -0.317 e. The zero-order chi connectivity index (χ0) is 8.49. The first-order valence-electron chi connectivity index (χ1n) is 5.16. The maximum Gasteiger partial charge on any atom is 0.00997 e. The summed E-state index contributed by atoms with van der Waals surface area (Å²) < 4.78 is 0. The third-order valence-corrected chi connectivity index (χ3v) is 2.19. The molecule has 0 radical (unpaired) electrons. The maximum absolute atomic E-state index is 3.14. The minimum atomic E-state index is 1.14. The standard InChI is InChI=1S/C6H14N2.C3H7N/c1-2-4-6-8-7-5-3-1;1-2-4-3-1/h7-8H,1-6H2;4H,1-3H2. The number of rotatable bonds is 0. The fourth-order valence-electron chi connectivity index (χ4n) is 1.13. The molecule has 2 aliphatic heterocycles. The summed E-state index contributed by atoms with van der Waals surface area (Å²) in [5, 5.41) is 3.11. The van der Waals surface area contributed by atoms with E-state index in [4.69, 9.17) is 0 Å². The number of hydrogen-bond donors (Lipinski definition) is 3. The van der Waals surface area contributed by atoms with Crippen LogP contribution >= 0.6 is 0 Å². The molecule has 2 rings (SSSR count). The molecular formula is C9H21N3. The summed E-state index contributed by atoms with van der Waals surface area (Å²) in [6, 6.07) is 0. The fourth-order valence-corrected chi connectivity index (χ4v) is 1.13. The van der Waals surface area contributed by atoms with Crippen LogP contribution in [-0.4, -0.2) is 26.2 Å². The molecule has 3 heteroatoms. The van der Waals surface area contributed by atoms with Gasteiger partial charge in [-0.05, 0) is 32.4 Å². The van der Waals surface area contributed by atoms with E-state index >= 15 is 0 Å². The SMILES string of the molecule is C1CCCNNCC1.C1CNC1. The smallest absolute Gasteiger partial charge is 0.00997 e. The van der Waals surface area contributed by atoms with Crippen molar-refractivity contribution in [2.45, 2.75) is 32.1 Å². The van der Waals surface area contributed by atoms with Gasteiger partial charge in [0.1, 0.15) is 0 Å². The topological polar surface area (TPSA) is 36.1 Å². The van der Waals surface area contributed by atoms with Crippen LogP contribution in [0.15, 0.2) is 0 Å². The third kappa shape index (κ3) is 5.52. The van der Waals surface area contributed by atoms with E-state index < -0.39 is 0 Å². The highest BCUT2D eigenvalue weighted by atomic mass is 15.3. The predicted octanol–water partition coefficient (Wildman–Crippen LogP) is 0.634. The Labute approximate surface area is 75.3 Å². The van der Waals surface area contributed by atoms with Crippen molar-refractivity contribution >= 4 is 0 Å². The molecule has 12 heavy (non-hydrogen) atoms. The molecule has 0 bridgehead atoms. The van der Waals surface area contributed by atoms with Crippen molar-refractivity contribution in [3.05, 3.63) is 0 Å². The van der Waals surface area contributed by atoms with Crippen LogP contribution in [0.1, 0.15) is 32.1 Å². The third-order valence-electron chi connectivity index (χ3n) is 2.19. The highest BCUT2D eigenvalue weighted by molar-refractivity contribution is 4.56.